The Labute approximate surface area is 211 Å². The highest BCUT2D eigenvalue weighted by Gasteiger charge is 2.33. The van der Waals surface area contributed by atoms with E-state index in [1.54, 1.807) is 0 Å². The van der Waals surface area contributed by atoms with Crippen LogP contribution in [0.5, 0.6) is 0 Å². The summed E-state index contributed by atoms with van der Waals surface area (Å²) in [6.45, 7) is 1.47. The first-order chi connectivity index (χ1) is 17.3. The van der Waals surface area contributed by atoms with Gasteiger partial charge in [0.15, 0.2) is 0 Å². The summed E-state index contributed by atoms with van der Waals surface area (Å²) in [5.74, 6) is 1.15. The Hall–Kier alpha value is -3.51. The Balaban J connectivity index is 1.21. The molecule has 0 aliphatic carbocycles. The summed E-state index contributed by atoms with van der Waals surface area (Å²) in [5.41, 5.74) is 3.74. The van der Waals surface area contributed by atoms with Crippen LogP contribution in [0.1, 0.15) is 47.7 Å². The first-order valence-corrected chi connectivity index (χ1v) is 13.1. The predicted octanol–water partition coefficient (Wildman–Crippen LogP) is 5.44. The first kappa shape index (κ1) is 23.2. The molecule has 35 heavy (non-hydrogen) atoms. The van der Waals surface area contributed by atoms with Gasteiger partial charge in [0.2, 0.25) is 11.0 Å². The van der Waals surface area contributed by atoms with Gasteiger partial charge in [0.1, 0.15) is 11.9 Å². The maximum absolute atomic E-state index is 13.2. The van der Waals surface area contributed by atoms with Crippen molar-refractivity contribution in [1.29, 1.82) is 0 Å². The van der Waals surface area contributed by atoms with E-state index in [9.17, 15) is 4.79 Å². The highest BCUT2D eigenvalue weighted by Crippen LogP contribution is 2.29. The molecule has 1 fully saturated rings. The van der Waals surface area contributed by atoms with E-state index in [1.165, 1.54) is 28.2 Å². The molecule has 178 valence electrons. The Morgan fingerprint density at radius 1 is 0.943 bits per heavy atom. The van der Waals surface area contributed by atoms with Crippen LogP contribution < -0.4 is 10.2 Å². The molecule has 1 aromatic heterocycles. The van der Waals surface area contributed by atoms with Crippen molar-refractivity contribution in [2.75, 3.05) is 18.0 Å². The molecule has 1 saturated heterocycles. The standard InChI is InChI=1S/C29H30N4OS/c34-28(30-19-18-25(23-13-6-2-7-14-23)24-15-8-3-9-16-24)26-17-10-20-33(26)29-31-27(32-35-29)21-22-11-4-1-5-12-22/h1-9,11-16,25-26H,10,17-21H2,(H,30,34). The van der Waals surface area contributed by atoms with Crippen molar-refractivity contribution in [3.8, 4) is 0 Å². The van der Waals surface area contributed by atoms with Crippen molar-refractivity contribution < 1.29 is 4.79 Å². The third-order valence-electron chi connectivity index (χ3n) is 6.60. The molecule has 2 heterocycles. The smallest absolute Gasteiger partial charge is 0.242 e. The van der Waals surface area contributed by atoms with Gasteiger partial charge >= 0.3 is 0 Å². The van der Waals surface area contributed by atoms with E-state index in [2.05, 4.69) is 75.3 Å². The van der Waals surface area contributed by atoms with Crippen molar-refractivity contribution in [3.05, 3.63) is 114 Å². The number of rotatable bonds is 9. The molecule has 5 nitrogen and oxygen atoms in total. The molecular weight excluding hydrogens is 452 g/mol. The lowest BCUT2D eigenvalue weighted by atomic mass is 9.88. The lowest BCUT2D eigenvalue weighted by molar-refractivity contribution is -0.122. The Morgan fingerprint density at radius 3 is 2.23 bits per heavy atom. The molecule has 1 aliphatic heterocycles. The van der Waals surface area contributed by atoms with Crippen molar-refractivity contribution in [3.63, 3.8) is 0 Å². The molecule has 0 spiro atoms. The summed E-state index contributed by atoms with van der Waals surface area (Å²) in [6, 6.07) is 31.1. The van der Waals surface area contributed by atoms with Crippen molar-refractivity contribution >= 4 is 22.6 Å². The number of carbonyl (C=O) groups is 1. The number of nitrogens with zero attached hydrogens (tertiary/aromatic N) is 3. The van der Waals surface area contributed by atoms with Crippen LogP contribution in [0.2, 0.25) is 0 Å². The highest BCUT2D eigenvalue weighted by atomic mass is 32.1. The fourth-order valence-corrected chi connectivity index (χ4v) is 5.60. The van der Waals surface area contributed by atoms with Gasteiger partial charge in [0, 0.05) is 37.0 Å². The maximum Gasteiger partial charge on any atom is 0.242 e. The zero-order valence-corrected chi connectivity index (χ0v) is 20.5. The zero-order chi connectivity index (χ0) is 23.9. The molecule has 1 unspecified atom stereocenters. The van der Waals surface area contributed by atoms with E-state index in [1.807, 2.05) is 30.3 Å². The normalized spacial score (nSPS) is 15.5. The molecule has 1 aliphatic rings. The van der Waals surface area contributed by atoms with Crippen LogP contribution in [-0.4, -0.2) is 34.4 Å². The summed E-state index contributed by atoms with van der Waals surface area (Å²) >= 11 is 1.40. The molecule has 5 rings (SSSR count). The van der Waals surface area contributed by atoms with Gasteiger partial charge < -0.3 is 10.2 Å². The second-order valence-corrected chi connectivity index (χ2v) is 9.69. The van der Waals surface area contributed by atoms with Crippen molar-refractivity contribution in [1.82, 2.24) is 14.7 Å². The summed E-state index contributed by atoms with van der Waals surface area (Å²) in [6.07, 6.45) is 3.40. The van der Waals surface area contributed by atoms with Crippen molar-refractivity contribution in [2.24, 2.45) is 0 Å². The second-order valence-electron chi connectivity index (χ2n) is 8.96. The lowest BCUT2D eigenvalue weighted by Gasteiger charge is -2.23. The summed E-state index contributed by atoms with van der Waals surface area (Å²) in [7, 11) is 0. The molecule has 0 bridgehead atoms. The largest absolute Gasteiger partial charge is 0.354 e. The number of hydrogen-bond donors (Lipinski definition) is 1. The monoisotopic (exact) mass is 482 g/mol. The SMILES string of the molecule is O=C(NCCC(c1ccccc1)c1ccccc1)C1CCCN1c1nc(Cc2ccccc2)ns1. The van der Waals surface area contributed by atoms with Crippen LogP contribution >= 0.6 is 11.5 Å². The van der Waals surface area contributed by atoms with Crippen LogP contribution in [0.3, 0.4) is 0 Å². The lowest BCUT2D eigenvalue weighted by Crippen LogP contribution is -2.43. The third-order valence-corrected chi connectivity index (χ3v) is 7.39. The molecular formula is C29H30N4OS. The molecule has 3 aromatic carbocycles. The molecule has 0 radical (unpaired) electrons. The van der Waals surface area contributed by atoms with Crippen LogP contribution in [0.15, 0.2) is 91.0 Å². The highest BCUT2D eigenvalue weighted by molar-refractivity contribution is 7.09. The van der Waals surface area contributed by atoms with E-state index in [0.717, 1.165) is 36.8 Å². The van der Waals surface area contributed by atoms with Crippen LogP contribution in [0.25, 0.3) is 0 Å². The zero-order valence-electron chi connectivity index (χ0n) is 19.7. The third kappa shape index (κ3) is 5.77. The number of anilines is 1. The average Bonchev–Trinajstić information content (AvgIpc) is 3.58. The molecule has 4 aromatic rings. The number of benzene rings is 3. The van der Waals surface area contributed by atoms with E-state index in [-0.39, 0.29) is 17.9 Å². The topological polar surface area (TPSA) is 58.1 Å². The molecule has 1 N–H and O–H groups in total. The van der Waals surface area contributed by atoms with Crippen LogP contribution in [-0.2, 0) is 11.2 Å². The molecule has 6 heteroatoms. The number of hydrogen-bond acceptors (Lipinski definition) is 5. The predicted molar refractivity (Wildman–Crippen MR) is 142 cm³/mol. The summed E-state index contributed by atoms with van der Waals surface area (Å²) < 4.78 is 4.56. The Kier molecular flexibility index (Phi) is 7.49. The number of amides is 1. The van der Waals surface area contributed by atoms with Gasteiger partial charge in [-0.2, -0.15) is 4.37 Å². The van der Waals surface area contributed by atoms with Gasteiger partial charge in [-0.05, 0) is 36.0 Å². The van der Waals surface area contributed by atoms with Gasteiger partial charge in [-0.25, -0.2) is 4.98 Å². The Morgan fingerprint density at radius 2 is 1.57 bits per heavy atom. The average molecular weight is 483 g/mol. The quantitative estimate of drug-likeness (QED) is 0.345. The van der Waals surface area contributed by atoms with E-state index in [4.69, 9.17) is 4.98 Å². The van der Waals surface area contributed by atoms with Crippen LogP contribution in [0.4, 0.5) is 5.13 Å². The number of nitrogens with one attached hydrogen (secondary N) is 1. The fraction of sp³-hybridized carbons (Fsp3) is 0.276. The van der Waals surface area contributed by atoms with Gasteiger partial charge in [-0.15, -0.1) is 0 Å². The number of aromatic nitrogens is 2. The fourth-order valence-electron chi connectivity index (χ4n) is 4.83. The minimum absolute atomic E-state index is 0.0854. The molecule has 0 saturated carbocycles. The molecule has 1 atom stereocenters. The van der Waals surface area contributed by atoms with Crippen molar-refractivity contribution in [2.45, 2.75) is 37.6 Å². The Bertz CT molecular complexity index is 1170. The van der Waals surface area contributed by atoms with Crippen LogP contribution in [0, 0.1) is 0 Å². The maximum atomic E-state index is 13.2. The van der Waals surface area contributed by atoms with Gasteiger partial charge in [-0.1, -0.05) is 91.0 Å². The van der Waals surface area contributed by atoms with Gasteiger partial charge in [0.05, 0.1) is 0 Å². The minimum atomic E-state index is -0.181. The second kappa shape index (κ2) is 11.3. The minimum Gasteiger partial charge on any atom is -0.354 e. The summed E-state index contributed by atoms with van der Waals surface area (Å²) in [5, 5.41) is 4.06. The number of carbonyl (C=O) groups excluding carboxylic acids is 1. The summed E-state index contributed by atoms with van der Waals surface area (Å²) in [4.78, 5) is 20.1. The van der Waals surface area contributed by atoms with Gasteiger partial charge in [0.25, 0.3) is 0 Å². The van der Waals surface area contributed by atoms with E-state index in [0.29, 0.717) is 13.0 Å². The molecule has 1 amide bonds. The van der Waals surface area contributed by atoms with E-state index >= 15 is 0 Å². The van der Waals surface area contributed by atoms with E-state index < -0.39 is 0 Å². The van der Waals surface area contributed by atoms with Gasteiger partial charge in [-0.3, -0.25) is 4.79 Å². The first-order valence-electron chi connectivity index (χ1n) is 12.3.